The highest BCUT2D eigenvalue weighted by Gasteiger charge is 2.31. The lowest BCUT2D eigenvalue weighted by Crippen LogP contribution is -2.31. The van der Waals surface area contributed by atoms with Crippen molar-refractivity contribution in [2.75, 3.05) is 19.5 Å². The molecule has 1 aliphatic heterocycles. The van der Waals surface area contributed by atoms with Crippen molar-refractivity contribution in [1.29, 1.82) is 0 Å². The Hall–Kier alpha value is -3.26. The lowest BCUT2D eigenvalue weighted by Gasteiger charge is -2.25. The summed E-state index contributed by atoms with van der Waals surface area (Å²) in [6.45, 7) is 2.04. The van der Waals surface area contributed by atoms with E-state index < -0.39 is 5.92 Å². The second-order valence-corrected chi connectivity index (χ2v) is 8.29. The standard InChI is InChI=1S/C23H23N3O4S/c1-13-4-6-14(7-5-13)12-31-23-25-21-20(22(28)26-23)16(11-19(27)24-21)15-8-9-17(29-2)18(10-15)30-3/h4-10,16H,11-12H2,1-3H3,(H2,24,25,26,27,28)/t16-/m1/s1. The van der Waals surface area contributed by atoms with Crippen LogP contribution in [0.1, 0.15) is 34.6 Å². The Morgan fingerprint density at radius 3 is 2.52 bits per heavy atom. The van der Waals surface area contributed by atoms with Crippen molar-refractivity contribution in [1.82, 2.24) is 9.97 Å². The van der Waals surface area contributed by atoms with Gasteiger partial charge in [0.05, 0.1) is 19.8 Å². The minimum Gasteiger partial charge on any atom is -0.493 e. The number of carbonyl (C=O) groups is 1. The molecule has 0 radical (unpaired) electrons. The number of hydrogen-bond donors (Lipinski definition) is 2. The van der Waals surface area contributed by atoms with E-state index in [4.69, 9.17) is 9.47 Å². The summed E-state index contributed by atoms with van der Waals surface area (Å²) in [6, 6.07) is 13.6. The number of nitrogens with one attached hydrogen (secondary N) is 2. The molecule has 3 aromatic rings. The van der Waals surface area contributed by atoms with Gasteiger partial charge < -0.3 is 19.8 Å². The van der Waals surface area contributed by atoms with Gasteiger partial charge in [-0.3, -0.25) is 9.59 Å². The van der Waals surface area contributed by atoms with Crippen molar-refractivity contribution in [2.24, 2.45) is 0 Å². The molecule has 0 bridgehead atoms. The van der Waals surface area contributed by atoms with Gasteiger partial charge in [0.15, 0.2) is 16.7 Å². The summed E-state index contributed by atoms with van der Waals surface area (Å²) >= 11 is 1.42. The van der Waals surface area contributed by atoms with Crippen molar-refractivity contribution >= 4 is 23.5 Å². The summed E-state index contributed by atoms with van der Waals surface area (Å²) in [5.74, 6) is 1.50. The second-order valence-electron chi connectivity index (χ2n) is 7.33. The molecule has 0 spiro atoms. The number of ether oxygens (including phenoxy) is 2. The van der Waals surface area contributed by atoms with E-state index in [1.807, 2.05) is 37.3 Å². The predicted molar refractivity (Wildman–Crippen MR) is 120 cm³/mol. The van der Waals surface area contributed by atoms with Crippen LogP contribution in [0.15, 0.2) is 52.4 Å². The van der Waals surface area contributed by atoms with Crippen molar-refractivity contribution in [3.8, 4) is 11.5 Å². The van der Waals surface area contributed by atoms with Crippen LogP contribution in [0, 0.1) is 6.92 Å². The molecular formula is C23H23N3O4S. The molecule has 160 valence electrons. The molecule has 31 heavy (non-hydrogen) atoms. The van der Waals surface area contributed by atoms with Gasteiger partial charge in [-0.05, 0) is 30.2 Å². The zero-order valence-electron chi connectivity index (χ0n) is 17.5. The van der Waals surface area contributed by atoms with Crippen LogP contribution < -0.4 is 20.3 Å². The Labute approximate surface area is 184 Å². The Balaban J connectivity index is 1.65. The van der Waals surface area contributed by atoms with Gasteiger partial charge in [-0.1, -0.05) is 47.7 Å². The number of H-pyrrole nitrogens is 1. The number of aryl methyl sites for hydroxylation is 1. The van der Waals surface area contributed by atoms with Crippen molar-refractivity contribution in [2.45, 2.75) is 30.2 Å². The number of rotatable bonds is 6. The van der Waals surface area contributed by atoms with E-state index in [1.54, 1.807) is 26.4 Å². The van der Waals surface area contributed by atoms with E-state index in [0.717, 1.165) is 11.1 Å². The fraction of sp³-hybridized carbons (Fsp3) is 0.261. The number of carbonyl (C=O) groups excluding carboxylic acids is 1. The molecule has 1 aromatic heterocycles. The van der Waals surface area contributed by atoms with Crippen LogP contribution in [0.25, 0.3) is 0 Å². The third-order valence-electron chi connectivity index (χ3n) is 5.24. The number of amides is 1. The zero-order chi connectivity index (χ0) is 22.0. The summed E-state index contributed by atoms with van der Waals surface area (Å²) in [5, 5.41) is 3.23. The normalized spacial score (nSPS) is 15.2. The number of methoxy groups -OCH3 is 2. The highest BCUT2D eigenvalue weighted by atomic mass is 32.2. The van der Waals surface area contributed by atoms with Crippen molar-refractivity contribution < 1.29 is 14.3 Å². The molecule has 0 fully saturated rings. The molecule has 0 unspecified atom stereocenters. The number of benzene rings is 2. The smallest absolute Gasteiger partial charge is 0.257 e. The first-order valence-electron chi connectivity index (χ1n) is 9.83. The number of anilines is 1. The average Bonchev–Trinajstić information content (AvgIpc) is 2.77. The topological polar surface area (TPSA) is 93.3 Å². The van der Waals surface area contributed by atoms with Gasteiger partial charge >= 0.3 is 0 Å². The maximum atomic E-state index is 13.0. The SMILES string of the molecule is COc1ccc([C@H]2CC(=O)Nc3nc(SCc4ccc(C)cc4)[nH]c(=O)c32)cc1OC. The van der Waals surface area contributed by atoms with Gasteiger partial charge in [-0.15, -0.1) is 0 Å². The van der Waals surface area contributed by atoms with Gasteiger partial charge in [0.1, 0.15) is 5.82 Å². The molecule has 1 amide bonds. The fourth-order valence-electron chi connectivity index (χ4n) is 3.61. The van der Waals surface area contributed by atoms with Crippen LogP contribution in [0.2, 0.25) is 0 Å². The van der Waals surface area contributed by atoms with E-state index in [1.165, 1.54) is 17.3 Å². The van der Waals surface area contributed by atoms with Gasteiger partial charge in [0.2, 0.25) is 5.91 Å². The Bertz CT molecular complexity index is 1170. The first-order valence-corrected chi connectivity index (χ1v) is 10.8. The molecular weight excluding hydrogens is 414 g/mol. The van der Waals surface area contributed by atoms with Crippen LogP contribution >= 0.6 is 11.8 Å². The molecule has 2 N–H and O–H groups in total. The molecule has 8 heteroatoms. The van der Waals surface area contributed by atoms with E-state index >= 15 is 0 Å². The third-order valence-corrected chi connectivity index (χ3v) is 6.18. The number of aromatic amines is 1. The van der Waals surface area contributed by atoms with E-state index in [0.29, 0.717) is 33.8 Å². The number of hydrogen-bond acceptors (Lipinski definition) is 6. The molecule has 0 aliphatic carbocycles. The van der Waals surface area contributed by atoms with Crippen LogP contribution in [0.5, 0.6) is 11.5 Å². The summed E-state index contributed by atoms with van der Waals surface area (Å²) in [4.78, 5) is 32.8. The number of nitrogens with zero attached hydrogens (tertiary/aromatic N) is 1. The highest BCUT2D eigenvalue weighted by Crippen LogP contribution is 2.38. The molecule has 0 saturated heterocycles. The number of thioether (sulfide) groups is 1. The second kappa shape index (κ2) is 8.85. The first kappa shape index (κ1) is 21.0. The minimum atomic E-state index is -0.420. The van der Waals surface area contributed by atoms with Gasteiger partial charge in [-0.25, -0.2) is 4.98 Å². The maximum absolute atomic E-state index is 13.0. The molecule has 2 aromatic carbocycles. The molecule has 2 heterocycles. The van der Waals surface area contributed by atoms with Gasteiger partial charge in [0.25, 0.3) is 5.56 Å². The van der Waals surface area contributed by atoms with Crippen LogP contribution in [0.4, 0.5) is 5.82 Å². The maximum Gasteiger partial charge on any atom is 0.257 e. The van der Waals surface area contributed by atoms with E-state index in [9.17, 15) is 9.59 Å². The molecule has 1 aliphatic rings. The Morgan fingerprint density at radius 2 is 1.81 bits per heavy atom. The van der Waals surface area contributed by atoms with E-state index in [-0.39, 0.29) is 17.9 Å². The highest BCUT2D eigenvalue weighted by molar-refractivity contribution is 7.98. The summed E-state index contributed by atoms with van der Waals surface area (Å²) in [5.41, 5.74) is 3.31. The van der Waals surface area contributed by atoms with Crippen LogP contribution in [-0.2, 0) is 10.5 Å². The number of aromatic nitrogens is 2. The summed E-state index contributed by atoms with van der Waals surface area (Å²) in [7, 11) is 3.11. The van der Waals surface area contributed by atoms with Gasteiger partial charge in [0, 0.05) is 18.1 Å². The Morgan fingerprint density at radius 1 is 1.06 bits per heavy atom. The quantitative estimate of drug-likeness (QED) is 0.449. The fourth-order valence-corrected chi connectivity index (χ4v) is 4.43. The molecule has 7 nitrogen and oxygen atoms in total. The van der Waals surface area contributed by atoms with Gasteiger partial charge in [-0.2, -0.15) is 0 Å². The van der Waals surface area contributed by atoms with Crippen molar-refractivity contribution in [3.63, 3.8) is 0 Å². The molecule has 0 saturated carbocycles. The first-order chi connectivity index (χ1) is 15.0. The number of fused-ring (bicyclic) bond motifs is 1. The van der Waals surface area contributed by atoms with E-state index in [2.05, 4.69) is 15.3 Å². The minimum absolute atomic E-state index is 0.156. The monoisotopic (exact) mass is 437 g/mol. The summed E-state index contributed by atoms with van der Waals surface area (Å²) < 4.78 is 10.7. The lowest BCUT2D eigenvalue weighted by molar-refractivity contribution is -0.116. The van der Waals surface area contributed by atoms with Crippen molar-refractivity contribution in [3.05, 3.63) is 75.1 Å². The largest absolute Gasteiger partial charge is 0.493 e. The molecule has 1 atom stereocenters. The lowest BCUT2D eigenvalue weighted by atomic mass is 9.86. The Kier molecular flexibility index (Phi) is 5.99. The third kappa shape index (κ3) is 4.44. The zero-order valence-corrected chi connectivity index (χ0v) is 18.3. The summed E-state index contributed by atoms with van der Waals surface area (Å²) in [6.07, 6.45) is 0.156. The average molecular weight is 438 g/mol. The predicted octanol–water partition coefficient (Wildman–Crippen LogP) is 3.86. The van der Waals surface area contributed by atoms with Crippen LogP contribution in [0.3, 0.4) is 0 Å². The molecule has 4 rings (SSSR count). The van der Waals surface area contributed by atoms with Crippen LogP contribution in [-0.4, -0.2) is 30.1 Å².